The molecule has 0 heteroatoms. The summed E-state index contributed by atoms with van der Waals surface area (Å²) in [6, 6.07) is 25.6. The van der Waals surface area contributed by atoms with Gasteiger partial charge in [-0.1, -0.05) is 86.8 Å². The summed E-state index contributed by atoms with van der Waals surface area (Å²) in [5, 5.41) is 0. The van der Waals surface area contributed by atoms with E-state index in [9.17, 15) is 0 Å². The van der Waals surface area contributed by atoms with E-state index in [1.54, 1.807) is 0 Å². The maximum atomic E-state index is 3.25. The van der Waals surface area contributed by atoms with Crippen molar-refractivity contribution in [2.45, 2.75) is 46.0 Å². The highest BCUT2D eigenvalue weighted by atomic mass is 14.0. The molecule has 0 unspecified atom stereocenters. The summed E-state index contributed by atoms with van der Waals surface area (Å²) in [5.74, 6) is 12.7. The monoisotopic (exact) mass is 376 g/mol. The van der Waals surface area contributed by atoms with E-state index in [1.165, 1.54) is 42.4 Å². The van der Waals surface area contributed by atoms with Gasteiger partial charge in [0.1, 0.15) is 0 Å². The van der Waals surface area contributed by atoms with E-state index in [1.807, 2.05) is 24.3 Å². The van der Waals surface area contributed by atoms with E-state index in [4.69, 9.17) is 0 Å². The van der Waals surface area contributed by atoms with E-state index >= 15 is 0 Å². The quantitative estimate of drug-likeness (QED) is 0.325. The molecule has 0 fully saturated rings. The van der Waals surface area contributed by atoms with Crippen LogP contribution in [-0.4, -0.2) is 0 Å². The van der Waals surface area contributed by atoms with Crippen LogP contribution in [0.4, 0.5) is 0 Å². The van der Waals surface area contributed by atoms with Crippen molar-refractivity contribution < 1.29 is 0 Å². The minimum absolute atomic E-state index is 0.876. The first-order valence-corrected chi connectivity index (χ1v) is 10.6. The first-order valence-electron chi connectivity index (χ1n) is 10.6. The summed E-state index contributed by atoms with van der Waals surface area (Å²) >= 11 is 0. The fraction of sp³-hybridized carbons (Fsp3) is 0.241. The average molecular weight is 377 g/mol. The normalized spacial score (nSPS) is 9.86. The molecule has 144 valence electrons. The standard InChI is InChI=1S/C29H28/c1-3-5-7-9-25-16-20-28(21-17-25)29-22-18-27(19-23-29)15-14-26-12-10-24(11-13-26)8-6-4-2/h10-13,16-23H,3-5,7,9H2,1-2H3. The van der Waals surface area contributed by atoms with Gasteiger partial charge in [-0.05, 0) is 65.9 Å². The summed E-state index contributed by atoms with van der Waals surface area (Å²) in [6.07, 6.45) is 5.90. The Hall–Kier alpha value is -3.22. The molecule has 0 radical (unpaired) electrons. The lowest BCUT2D eigenvalue weighted by Gasteiger charge is -2.05. The maximum absolute atomic E-state index is 3.25. The van der Waals surface area contributed by atoms with Crippen molar-refractivity contribution in [3.63, 3.8) is 0 Å². The van der Waals surface area contributed by atoms with Crippen LogP contribution in [0.5, 0.6) is 0 Å². The predicted molar refractivity (Wildman–Crippen MR) is 125 cm³/mol. The first kappa shape index (κ1) is 20.5. The summed E-state index contributed by atoms with van der Waals surface area (Å²) in [4.78, 5) is 0. The van der Waals surface area contributed by atoms with Crippen LogP contribution >= 0.6 is 0 Å². The Morgan fingerprint density at radius 1 is 0.552 bits per heavy atom. The Bertz CT molecular complexity index is 1010. The fourth-order valence-electron chi connectivity index (χ4n) is 3.16. The second-order valence-electron chi connectivity index (χ2n) is 7.21. The Labute approximate surface area is 176 Å². The second-order valence-corrected chi connectivity index (χ2v) is 7.21. The molecule has 0 bridgehead atoms. The number of hydrogen-bond acceptors (Lipinski definition) is 0. The van der Waals surface area contributed by atoms with Gasteiger partial charge >= 0.3 is 0 Å². The zero-order valence-corrected chi connectivity index (χ0v) is 17.5. The van der Waals surface area contributed by atoms with E-state index < -0.39 is 0 Å². The van der Waals surface area contributed by atoms with Crippen LogP contribution in [0.15, 0.2) is 72.8 Å². The molecule has 0 atom stereocenters. The van der Waals surface area contributed by atoms with E-state index in [-0.39, 0.29) is 0 Å². The summed E-state index contributed by atoms with van der Waals surface area (Å²) in [7, 11) is 0. The summed E-state index contributed by atoms with van der Waals surface area (Å²) in [5.41, 5.74) is 6.99. The molecule has 0 amide bonds. The summed E-state index contributed by atoms with van der Waals surface area (Å²) < 4.78 is 0. The third kappa shape index (κ3) is 6.41. The number of rotatable bonds is 5. The Kier molecular flexibility index (Phi) is 7.74. The van der Waals surface area contributed by atoms with Crippen LogP contribution in [0.3, 0.4) is 0 Å². The van der Waals surface area contributed by atoms with Crippen LogP contribution in [0.1, 0.15) is 61.8 Å². The van der Waals surface area contributed by atoms with E-state index in [2.05, 4.69) is 86.1 Å². The van der Waals surface area contributed by atoms with Gasteiger partial charge < -0.3 is 0 Å². The molecular formula is C29H28. The van der Waals surface area contributed by atoms with Gasteiger partial charge in [0.25, 0.3) is 0 Å². The maximum Gasteiger partial charge on any atom is 0.0249 e. The lowest BCUT2D eigenvalue weighted by atomic mass is 10.0. The molecule has 3 aromatic rings. The van der Waals surface area contributed by atoms with Gasteiger partial charge in [-0.25, -0.2) is 0 Å². The van der Waals surface area contributed by atoms with Gasteiger partial charge in [0.05, 0.1) is 0 Å². The first-order chi connectivity index (χ1) is 14.3. The van der Waals surface area contributed by atoms with Crippen molar-refractivity contribution in [2.24, 2.45) is 0 Å². The highest BCUT2D eigenvalue weighted by Crippen LogP contribution is 2.21. The third-order valence-electron chi connectivity index (χ3n) is 4.89. The molecule has 0 saturated heterocycles. The predicted octanol–water partition coefficient (Wildman–Crippen LogP) is 7.25. The molecule has 0 nitrogen and oxygen atoms in total. The Morgan fingerprint density at radius 3 is 1.55 bits per heavy atom. The summed E-state index contributed by atoms with van der Waals surface area (Å²) in [6.45, 7) is 4.30. The highest BCUT2D eigenvalue weighted by molar-refractivity contribution is 5.64. The number of unbranched alkanes of at least 4 members (excludes halogenated alkanes) is 2. The highest BCUT2D eigenvalue weighted by Gasteiger charge is 1.99. The molecule has 0 heterocycles. The van der Waals surface area contributed by atoms with Crippen LogP contribution in [0.25, 0.3) is 11.1 Å². The molecule has 0 aromatic heterocycles. The zero-order chi connectivity index (χ0) is 20.3. The molecule has 0 N–H and O–H groups in total. The lowest BCUT2D eigenvalue weighted by Crippen LogP contribution is -1.86. The SMILES string of the molecule is CCC#Cc1ccc(C#Cc2ccc(-c3ccc(CCCCC)cc3)cc2)cc1. The molecule has 29 heavy (non-hydrogen) atoms. The zero-order valence-electron chi connectivity index (χ0n) is 17.5. The van der Waals surface area contributed by atoms with Gasteiger partial charge in [0.2, 0.25) is 0 Å². The lowest BCUT2D eigenvalue weighted by molar-refractivity contribution is 0.717. The molecule has 0 saturated carbocycles. The minimum Gasteiger partial charge on any atom is -0.0982 e. The Balaban J connectivity index is 1.64. The van der Waals surface area contributed by atoms with Crippen LogP contribution < -0.4 is 0 Å². The van der Waals surface area contributed by atoms with Crippen molar-refractivity contribution >= 4 is 0 Å². The van der Waals surface area contributed by atoms with Gasteiger partial charge in [-0.3, -0.25) is 0 Å². The molecule has 0 aliphatic carbocycles. The minimum atomic E-state index is 0.876. The van der Waals surface area contributed by atoms with Gasteiger partial charge in [-0.15, -0.1) is 0 Å². The molecule has 3 aromatic carbocycles. The van der Waals surface area contributed by atoms with Crippen molar-refractivity contribution in [3.05, 3.63) is 95.1 Å². The van der Waals surface area contributed by atoms with Gasteiger partial charge in [0.15, 0.2) is 0 Å². The van der Waals surface area contributed by atoms with Crippen molar-refractivity contribution in [2.75, 3.05) is 0 Å². The number of aryl methyl sites for hydroxylation is 1. The molecule has 0 aliphatic heterocycles. The molecule has 0 spiro atoms. The number of hydrogen-bond donors (Lipinski definition) is 0. The Morgan fingerprint density at radius 2 is 1.03 bits per heavy atom. The van der Waals surface area contributed by atoms with Crippen molar-refractivity contribution in [3.8, 4) is 34.8 Å². The van der Waals surface area contributed by atoms with Crippen LogP contribution in [0.2, 0.25) is 0 Å². The van der Waals surface area contributed by atoms with E-state index in [0.29, 0.717) is 0 Å². The molecule has 3 rings (SSSR count). The van der Waals surface area contributed by atoms with Crippen LogP contribution in [-0.2, 0) is 6.42 Å². The van der Waals surface area contributed by atoms with Crippen LogP contribution in [0, 0.1) is 23.7 Å². The van der Waals surface area contributed by atoms with E-state index in [0.717, 1.165) is 23.1 Å². The number of benzene rings is 3. The molecular weight excluding hydrogens is 348 g/mol. The largest absolute Gasteiger partial charge is 0.0982 e. The van der Waals surface area contributed by atoms with Crippen molar-refractivity contribution in [1.29, 1.82) is 0 Å². The smallest absolute Gasteiger partial charge is 0.0249 e. The van der Waals surface area contributed by atoms with Crippen molar-refractivity contribution in [1.82, 2.24) is 0 Å². The van der Waals surface area contributed by atoms with Gasteiger partial charge in [-0.2, -0.15) is 0 Å². The second kappa shape index (κ2) is 10.9. The fourth-order valence-corrected chi connectivity index (χ4v) is 3.16. The topological polar surface area (TPSA) is 0 Å². The third-order valence-corrected chi connectivity index (χ3v) is 4.89. The molecule has 0 aliphatic rings. The average Bonchev–Trinajstić information content (AvgIpc) is 2.78. The van der Waals surface area contributed by atoms with Gasteiger partial charge in [0, 0.05) is 23.1 Å².